The van der Waals surface area contributed by atoms with Crippen LogP contribution < -0.4 is 5.73 Å². The largest absolute Gasteiger partial charge is 0.480 e. The standard InChI is InChI=1S/C9H16N2O3/c1-3-6-11(2)7(9(13)14)4-5-8(10)12/h3,7H,1,4-6H2,2H3,(H2,10,12)(H,13,14)/t7-/m0/s1. The molecule has 5 nitrogen and oxygen atoms in total. The van der Waals surface area contributed by atoms with Gasteiger partial charge in [0.1, 0.15) is 6.04 Å². The van der Waals surface area contributed by atoms with Gasteiger partial charge in [-0.2, -0.15) is 0 Å². The molecule has 0 heterocycles. The second-order valence-corrected chi connectivity index (χ2v) is 3.09. The molecule has 0 aliphatic rings. The fourth-order valence-electron chi connectivity index (χ4n) is 1.14. The van der Waals surface area contributed by atoms with Crippen LogP contribution in [0, 0.1) is 0 Å². The van der Waals surface area contributed by atoms with E-state index in [2.05, 4.69) is 6.58 Å². The number of aliphatic carboxylic acids is 1. The lowest BCUT2D eigenvalue weighted by atomic mass is 10.1. The van der Waals surface area contributed by atoms with E-state index in [4.69, 9.17) is 10.8 Å². The summed E-state index contributed by atoms with van der Waals surface area (Å²) in [6, 6.07) is -0.680. The number of hydrogen-bond donors (Lipinski definition) is 2. The van der Waals surface area contributed by atoms with E-state index in [0.717, 1.165) is 0 Å². The summed E-state index contributed by atoms with van der Waals surface area (Å²) in [4.78, 5) is 22.9. The normalized spacial score (nSPS) is 12.4. The average Bonchev–Trinajstić information content (AvgIpc) is 2.03. The molecule has 0 bridgehead atoms. The van der Waals surface area contributed by atoms with E-state index in [1.807, 2.05) is 0 Å². The van der Waals surface area contributed by atoms with Crippen LogP contribution in [-0.2, 0) is 9.59 Å². The number of likely N-dealkylation sites (N-methyl/N-ethyl adjacent to an activating group) is 1. The van der Waals surface area contributed by atoms with Crippen molar-refractivity contribution in [3.8, 4) is 0 Å². The molecule has 1 amide bonds. The molecule has 0 aromatic carbocycles. The molecule has 80 valence electrons. The van der Waals surface area contributed by atoms with Crippen molar-refractivity contribution >= 4 is 11.9 Å². The molecule has 0 saturated carbocycles. The van der Waals surface area contributed by atoms with Crippen LogP contribution in [0.3, 0.4) is 0 Å². The summed E-state index contributed by atoms with van der Waals surface area (Å²) in [6.07, 6.45) is 1.92. The third-order valence-corrected chi connectivity index (χ3v) is 1.90. The van der Waals surface area contributed by atoms with Gasteiger partial charge in [-0.1, -0.05) is 6.08 Å². The van der Waals surface area contributed by atoms with Crippen LogP contribution >= 0.6 is 0 Å². The monoisotopic (exact) mass is 200 g/mol. The highest BCUT2D eigenvalue weighted by molar-refractivity contribution is 5.77. The molecule has 3 N–H and O–H groups in total. The number of nitrogens with two attached hydrogens (primary N) is 1. The van der Waals surface area contributed by atoms with Gasteiger partial charge < -0.3 is 10.8 Å². The van der Waals surface area contributed by atoms with Gasteiger partial charge in [-0.3, -0.25) is 14.5 Å². The molecule has 0 unspecified atom stereocenters. The second-order valence-electron chi connectivity index (χ2n) is 3.09. The molecule has 0 fully saturated rings. The molecule has 0 spiro atoms. The maximum absolute atomic E-state index is 10.8. The molecule has 14 heavy (non-hydrogen) atoms. The molecular formula is C9H16N2O3. The van der Waals surface area contributed by atoms with Crippen LogP contribution in [0.15, 0.2) is 12.7 Å². The maximum atomic E-state index is 10.8. The minimum Gasteiger partial charge on any atom is -0.480 e. The van der Waals surface area contributed by atoms with E-state index in [1.165, 1.54) is 0 Å². The van der Waals surface area contributed by atoms with Gasteiger partial charge in [-0.25, -0.2) is 0 Å². The van der Waals surface area contributed by atoms with Crippen molar-refractivity contribution in [2.45, 2.75) is 18.9 Å². The van der Waals surface area contributed by atoms with Crippen LogP contribution in [0.5, 0.6) is 0 Å². The molecule has 0 saturated heterocycles. The molecule has 0 aliphatic heterocycles. The molecule has 0 radical (unpaired) electrons. The summed E-state index contributed by atoms with van der Waals surface area (Å²) in [5.41, 5.74) is 4.94. The fourth-order valence-corrected chi connectivity index (χ4v) is 1.14. The van der Waals surface area contributed by atoms with E-state index in [-0.39, 0.29) is 12.8 Å². The Morgan fingerprint density at radius 3 is 2.57 bits per heavy atom. The average molecular weight is 200 g/mol. The zero-order valence-corrected chi connectivity index (χ0v) is 8.27. The Kier molecular flexibility index (Phi) is 5.55. The Morgan fingerprint density at radius 1 is 1.64 bits per heavy atom. The summed E-state index contributed by atoms with van der Waals surface area (Å²) >= 11 is 0. The van der Waals surface area contributed by atoms with Crippen LogP contribution in [0.25, 0.3) is 0 Å². The van der Waals surface area contributed by atoms with Crippen molar-refractivity contribution in [1.29, 1.82) is 0 Å². The van der Waals surface area contributed by atoms with Crippen molar-refractivity contribution < 1.29 is 14.7 Å². The molecule has 0 aliphatic carbocycles. The minimum atomic E-state index is -0.949. The summed E-state index contributed by atoms with van der Waals surface area (Å²) in [5.74, 6) is -1.43. The van der Waals surface area contributed by atoms with Crippen molar-refractivity contribution in [2.75, 3.05) is 13.6 Å². The summed E-state index contributed by atoms with van der Waals surface area (Å²) < 4.78 is 0. The van der Waals surface area contributed by atoms with E-state index in [9.17, 15) is 9.59 Å². The first-order valence-electron chi connectivity index (χ1n) is 4.31. The highest BCUT2D eigenvalue weighted by Crippen LogP contribution is 2.05. The van der Waals surface area contributed by atoms with E-state index in [0.29, 0.717) is 6.54 Å². The van der Waals surface area contributed by atoms with Crippen molar-refractivity contribution in [1.82, 2.24) is 4.90 Å². The second kappa shape index (κ2) is 6.15. The molecule has 1 atom stereocenters. The zero-order chi connectivity index (χ0) is 11.1. The third-order valence-electron chi connectivity index (χ3n) is 1.90. The third kappa shape index (κ3) is 4.61. The van der Waals surface area contributed by atoms with Crippen molar-refractivity contribution in [3.63, 3.8) is 0 Å². The topological polar surface area (TPSA) is 83.6 Å². The van der Waals surface area contributed by atoms with Crippen molar-refractivity contribution in [2.24, 2.45) is 5.73 Å². The molecule has 0 rings (SSSR count). The van der Waals surface area contributed by atoms with E-state index >= 15 is 0 Å². The number of hydrogen-bond acceptors (Lipinski definition) is 3. The number of nitrogens with zero attached hydrogens (tertiary/aromatic N) is 1. The van der Waals surface area contributed by atoms with Crippen LogP contribution in [-0.4, -0.2) is 41.5 Å². The van der Waals surface area contributed by atoms with Gasteiger partial charge in [0.2, 0.25) is 5.91 Å². The quantitative estimate of drug-likeness (QED) is 0.558. The lowest BCUT2D eigenvalue weighted by molar-refractivity contribution is -0.142. The highest BCUT2D eigenvalue weighted by atomic mass is 16.4. The molecule has 5 heteroatoms. The van der Waals surface area contributed by atoms with E-state index < -0.39 is 17.9 Å². The van der Waals surface area contributed by atoms with Gasteiger partial charge in [0.25, 0.3) is 0 Å². The number of carbonyl (C=O) groups is 2. The summed E-state index contributed by atoms with van der Waals surface area (Å²) in [5, 5.41) is 8.86. The number of carboxylic acid groups (broad SMARTS) is 1. The van der Waals surface area contributed by atoms with Gasteiger partial charge in [0.05, 0.1) is 0 Å². The van der Waals surface area contributed by atoms with Gasteiger partial charge >= 0.3 is 5.97 Å². The number of primary amides is 1. The molecule has 0 aromatic heterocycles. The lowest BCUT2D eigenvalue weighted by Gasteiger charge is -2.22. The van der Waals surface area contributed by atoms with Crippen molar-refractivity contribution in [3.05, 3.63) is 12.7 Å². The number of rotatable bonds is 7. The highest BCUT2D eigenvalue weighted by Gasteiger charge is 2.21. The Balaban J connectivity index is 4.20. The first kappa shape index (κ1) is 12.6. The van der Waals surface area contributed by atoms with Gasteiger partial charge in [0, 0.05) is 13.0 Å². The number of carbonyl (C=O) groups excluding carboxylic acids is 1. The SMILES string of the molecule is C=CCN(C)[C@@H](CCC(N)=O)C(=O)O. The predicted octanol–water partition coefficient (Wildman–Crippen LogP) is -0.177. The summed E-state index contributed by atoms with van der Waals surface area (Å²) in [6.45, 7) is 3.98. The minimum absolute atomic E-state index is 0.0818. The molecular weight excluding hydrogens is 184 g/mol. The lowest BCUT2D eigenvalue weighted by Crippen LogP contribution is -2.39. The van der Waals surface area contributed by atoms with Gasteiger partial charge in [-0.15, -0.1) is 6.58 Å². The number of carboxylic acids is 1. The fraction of sp³-hybridized carbons (Fsp3) is 0.556. The van der Waals surface area contributed by atoms with Crippen LogP contribution in [0.2, 0.25) is 0 Å². The summed E-state index contributed by atoms with van der Waals surface area (Å²) in [7, 11) is 1.67. The Labute approximate surface area is 83.2 Å². The maximum Gasteiger partial charge on any atom is 0.320 e. The Morgan fingerprint density at radius 2 is 2.21 bits per heavy atom. The molecule has 0 aromatic rings. The first-order chi connectivity index (χ1) is 6.49. The van der Waals surface area contributed by atoms with Gasteiger partial charge in [0.15, 0.2) is 0 Å². The number of amides is 1. The Bertz CT molecular complexity index is 228. The smallest absolute Gasteiger partial charge is 0.320 e. The predicted molar refractivity (Wildman–Crippen MR) is 52.7 cm³/mol. The van der Waals surface area contributed by atoms with Crippen LogP contribution in [0.1, 0.15) is 12.8 Å². The first-order valence-corrected chi connectivity index (χ1v) is 4.31. The zero-order valence-electron chi connectivity index (χ0n) is 8.27. The van der Waals surface area contributed by atoms with Crippen LogP contribution in [0.4, 0.5) is 0 Å². The van der Waals surface area contributed by atoms with E-state index in [1.54, 1.807) is 18.0 Å². The van der Waals surface area contributed by atoms with Gasteiger partial charge in [-0.05, 0) is 13.5 Å². The Hall–Kier alpha value is -1.36.